The molecule has 2 aliphatic heterocycles. The molecular formula is C24H24N4O5. The van der Waals surface area contributed by atoms with Gasteiger partial charge in [-0.2, -0.15) is 5.26 Å². The van der Waals surface area contributed by atoms with Gasteiger partial charge < -0.3 is 24.5 Å². The van der Waals surface area contributed by atoms with Gasteiger partial charge in [-0.1, -0.05) is 23.4 Å². The van der Waals surface area contributed by atoms with E-state index < -0.39 is 6.04 Å². The molecule has 0 radical (unpaired) electrons. The Morgan fingerprint density at radius 1 is 1.33 bits per heavy atom. The number of aliphatic hydroxyl groups excluding tert-OH is 1. The number of hydrogen-bond donors (Lipinski definition) is 1. The molecule has 9 nitrogen and oxygen atoms in total. The van der Waals surface area contributed by atoms with E-state index in [9.17, 15) is 20.0 Å². The lowest BCUT2D eigenvalue weighted by molar-refractivity contribution is -0.121. The van der Waals surface area contributed by atoms with Gasteiger partial charge in [-0.05, 0) is 30.2 Å². The molecule has 0 aromatic heterocycles. The number of aliphatic hydroxyl groups is 1. The predicted octanol–water partition coefficient (Wildman–Crippen LogP) is 2.10. The molecule has 0 saturated carbocycles. The summed E-state index contributed by atoms with van der Waals surface area (Å²) in [5.74, 6) is -0.273. The molecule has 0 aliphatic carbocycles. The number of ether oxygens (including phenoxy) is 1. The first-order valence-electron chi connectivity index (χ1n) is 10.5. The largest absolute Gasteiger partial charge is 0.481 e. The summed E-state index contributed by atoms with van der Waals surface area (Å²) in [7, 11) is 3.07. The van der Waals surface area contributed by atoms with Crippen molar-refractivity contribution in [2.24, 2.45) is 5.16 Å². The standard InChI is InChI=1S/C24H24N4O5/c1-14-15(10-25)5-4-6-18(14)19-7-8-20(23-22(19)27(2)21(30)13-33-23)24(31)28-11-16(26-32-3)9-17(28)12-29/h4-8,17,29H,9,11-13H2,1-3H3/b26-16-/t17-/m0/s1. The molecule has 0 bridgehead atoms. The summed E-state index contributed by atoms with van der Waals surface area (Å²) < 4.78 is 5.80. The van der Waals surface area contributed by atoms with Gasteiger partial charge >= 0.3 is 0 Å². The third-order valence-corrected chi connectivity index (χ3v) is 6.11. The first-order valence-corrected chi connectivity index (χ1v) is 10.5. The van der Waals surface area contributed by atoms with Crippen molar-refractivity contribution in [3.63, 3.8) is 0 Å². The number of hydrogen-bond acceptors (Lipinski definition) is 7. The highest BCUT2D eigenvalue weighted by Crippen LogP contribution is 2.44. The second-order valence-electron chi connectivity index (χ2n) is 7.98. The number of nitrogens with zero attached hydrogens (tertiary/aromatic N) is 4. The molecule has 1 N–H and O–H groups in total. The number of likely N-dealkylation sites (tertiary alicyclic amines) is 1. The SMILES string of the molecule is CO/N=C1/C[C@@H](CO)N(C(=O)c2ccc(-c3cccc(C#N)c3C)c3c2OCC(=O)N3C)C1. The van der Waals surface area contributed by atoms with E-state index in [0.717, 1.165) is 11.1 Å². The van der Waals surface area contributed by atoms with E-state index in [0.29, 0.717) is 40.3 Å². The third kappa shape index (κ3) is 3.79. The number of amides is 2. The van der Waals surface area contributed by atoms with Crippen LogP contribution >= 0.6 is 0 Å². The molecule has 0 unspecified atom stereocenters. The van der Waals surface area contributed by atoms with Crippen molar-refractivity contribution < 1.29 is 24.3 Å². The van der Waals surface area contributed by atoms with E-state index in [1.165, 1.54) is 16.9 Å². The summed E-state index contributed by atoms with van der Waals surface area (Å²) in [6.07, 6.45) is 0.412. The van der Waals surface area contributed by atoms with Crippen LogP contribution in [-0.4, -0.2) is 67.5 Å². The zero-order valence-electron chi connectivity index (χ0n) is 18.7. The minimum atomic E-state index is -0.431. The molecule has 4 rings (SSSR count). The minimum Gasteiger partial charge on any atom is -0.481 e. The van der Waals surface area contributed by atoms with Crippen LogP contribution in [-0.2, 0) is 9.63 Å². The summed E-state index contributed by atoms with van der Waals surface area (Å²) in [5, 5.41) is 23.2. The van der Waals surface area contributed by atoms with Crippen LogP contribution < -0.4 is 9.64 Å². The highest BCUT2D eigenvalue weighted by atomic mass is 16.6. The maximum atomic E-state index is 13.5. The number of carbonyl (C=O) groups excluding carboxylic acids is 2. The zero-order chi connectivity index (χ0) is 23.7. The number of oxime groups is 1. The number of rotatable bonds is 4. The Morgan fingerprint density at radius 3 is 2.82 bits per heavy atom. The Balaban J connectivity index is 1.85. The lowest BCUT2D eigenvalue weighted by Gasteiger charge is -2.31. The monoisotopic (exact) mass is 448 g/mol. The zero-order valence-corrected chi connectivity index (χ0v) is 18.7. The molecule has 0 spiro atoms. The molecule has 2 heterocycles. The lowest BCUT2D eigenvalue weighted by atomic mass is 9.93. The highest BCUT2D eigenvalue weighted by Gasteiger charge is 2.37. The number of carbonyl (C=O) groups is 2. The van der Waals surface area contributed by atoms with Crippen LogP contribution in [0, 0.1) is 18.3 Å². The van der Waals surface area contributed by atoms with E-state index in [-0.39, 0.29) is 31.6 Å². The van der Waals surface area contributed by atoms with E-state index in [4.69, 9.17) is 9.57 Å². The average Bonchev–Trinajstić information content (AvgIpc) is 3.24. The van der Waals surface area contributed by atoms with Gasteiger partial charge in [0.25, 0.3) is 11.8 Å². The predicted molar refractivity (Wildman–Crippen MR) is 121 cm³/mol. The highest BCUT2D eigenvalue weighted by molar-refractivity contribution is 6.09. The molecule has 33 heavy (non-hydrogen) atoms. The molecule has 2 aromatic carbocycles. The van der Waals surface area contributed by atoms with Gasteiger partial charge in [-0.25, -0.2) is 0 Å². The number of nitriles is 1. The summed E-state index contributed by atoms with van der Waals surface area (Å²) in [6.45, 7) is 1.67. The molecule has 9 heteroatoms. The second kappa shape index (κ2) is 8.92. The van der Waals surface area contributed by atoms with E-state index in [2.05, 4.69) is 11.2 Å². The average molecular weight is 448 g/mol. The van der Waals surface area contributed by atoms with Crippen LogP contribution in [0.4, 0.5) is 5.69 Å². The molecule has 2 amide bonds. The summed E-state index contributed by atoms with van der Waals surface area (Å²) in [6, 6.07) is 10.6. The maximum absolute atomic E-state index is 13.5. The van der Waals surface area contributed by atoms with Gasteiger partial charge in [-0.3, -0.25) is 9.59 Å². The van der Waals surface area contributed by atoms with Crippen molar-refractivity contribution in [3.8, 4) is 22.9 Å². The Labute approximate surface area is 191 Å². The minimum absolute atomic E-state index is 0.190. The van der Waals surface area contributed by atoms with Crippen LogP contribution in [0.1, 0.15) is 27.9 Å². The van der Waals surface area contributed by atoms with Gasteiger partial charge in [0, 0.05) is 19.0 Å². The normalized spacial score (nSPS) is 18.7. The Morgan fingerprint density at radius 2 is 2.12 bits per heavy atom. The fraction of sp³-hybridized carbons (Fsp3) is 0.333. The van der Waals surface area contributed by atoms with E-state index >= 15 is 0 Å². The summed E-state index contributed by atoms with van der Waals surface area (Å²) >= 11 is 0. The topological polar surface area (TPSA) is 115 Å². The smallest absolute Gasteiger partial charge is 0.264 e. The van der Waals surface area contributed by atoms with Gasteiger partial charge in [-0.15, -0.1) is 0 Å². The van der Waals surface area contributed by atoms with Crippen molar-refractivity contribution in [1.29, 1.82) is 5.26 Å². The van der Waals surface area contributed by atoms with Crippen LogP contribution in [0.25, 0.3) is 11.1 Å². The number of anilines is 1. The fourth-order valence-corrected chi connectivity index (χ4v) is 4.36. The van der Waals surface area contributed by atoms with E-state index in [1.807, 2.05) is 13.0 Å². The Kier molecular flexibility index (Phi) is 6.03. The lowest BCUT2D eigenvalue weighted by Crippen LogP contribution is -2.40. The van der Waals surface area contributed by atoms with Crippen molar-refractivity contribution in [2.75, 3.05) is 38.8 Å². The van der Waals surface area contributed by atoms with Crippen LogP contribution in [0.2, 0.25) is 0 Å². The van der Waals surface area contributed by atoms with Gasteiger partial charge in [0.15, 0.2) is 12.4 Å². The van der Waals surface area contributed by atoms with E-state index in [1.54, 1.807) is 31.3 Å². The number of likely N-dealkylation sites (N-methyl/N-ethyl adjacent to an activating group) is 1. The van der Waals surface area contributed by atoms with Gasteiger partial charge in [0.2, 0.25) is 0 Å². The van der Waals surface area contributed by atoms with Crippen molar-refractivity contribution in [3.05, 3.63) is 47.0 Å². The van der Waals surface area contributed by atoms with Crippen LogP contribution in [0.3, 0.4) is 0 Å². The molecule has 170 valence electrons. The fourth-order valence-electron chi connectivity index (χ4n) is 4.36. The molecule has 1 saturated heterocycles. The third-order valence-electron chi connectivity index (χ3n) is 6.11. The Hall–Kier alpha value is -3.90. The first kappa shape index (κ1) is 22.3. The second-order valence-corrected chi connectivity index (χ2v) is 7.98. The van der Waals surface area contributed by atoms with Crippen molar-refractivity contribution >= 4 is 23.2 Å². The molecule has 2 aliphatic rings. The van der Waals surface area contributed by atoms with Crippen molar-refractivity contribution in [1.82, 2.24) is 4.90 Å². The Bertz CT molecular complexity index is 1200. The summed E-state index contributed by atoms with van der Waals surface area (Å²) in [5.41, 5.74) is 4.19. The number of benzene rings is 2. The molecule has 1 atom stereocenters. The van der Waals surface area contributed by atoms with Crippen LogP contribution in [0.15, 0.2) is 35.5 Å². The number of fused-ring (bicyclic) bond motifs is 1. The first-order chi connectivity index (χ1) is 15.9. The van der Waals surface area contributed by atoms with Crippen molar-refractivity contribution in [2.45, 2.75) is 19.4 Å². The van der Waals surface area contributed by atoms with Gasteiger partial charge in [0.05, 0.1) is 47.8 Å². The molecule has 1 fully saturated rings. The molecule has 2 aromatic rings. The quantitative estimate of drug-likeness (QED) is 0.717. The maximum Gasteiger partial charge on any atom is 0.264 e. The molecular weight excluding hydrogens is 424 g/mol. The van der Waals surface area contributed by atoms with Crippen LogP contribution in [0.5, 0.6) is 5.75 Å². The van der Waals surface area contributed by atoms with Gasteiger partial charge in [0.1, 0.15) is 7.11 Å². The summed E-state index contributed by atoms with van der Waals surface area (Å²) in [4.78, 5) is 33.9.